The lowest BCUT2D eigenvalue weighted by Gasteiger charge is -2.15. The topological polar surface area (TPSA) is 29.3 Å². The van der Waals surface area contributed by atoms with E-state index in [9.17, 15) is 0 Å². The Labute approximate surface area is 128 Å². The Morgan fingerprint density at radius 1 is 0.810 bits per heavy atom. The van der Waals surface area contributed by atoms with E-state index in [0.717, 1.165) is 19.3 Å². The van der Waals surface area contributed by atoms with Gasteiger partial charge in [-0.1, -0.05) is 43.3 Å². The van der Waals surface area contributed by atoms with Crippen LogP contribution in [-0.4, -0.2) is 20.1 Å². The van der Waals surface area contributed by atoms with Crippen molar-refractivity contribution in [1.82, 2.24) is 0 Å². The molecule has 0 heterocycles. The summed E-state index contributed by atoms with van der Waals surface area (Å²) in [5.74, 6) is 0. The molecule has 2 N–H and O–H groups in total. The molecule has 0 saturated carbocycles. The summed E-state index contributed by atoms with van der Waals surface area (Å²) in [4.78, 5) is 2.11. The van der Waals surface area contributed by atoms with Crippen molar-refractivity contribution >= 4 is 5.69 Å². The summed E-state index contributed by atoms with van der Waals surface area (Å²) in [5.41, 5.74) is 11.5. The van der Waals surface area contributed by atoms with Gasteiger partial charge in [-0.05, 0) is 48.1 Å². The van der Waals surface area contributed by atoms with E-state index in [2.05, 4.69) is 74.4 Å². The number of anilines is 1. The lowest BCUT2D eigenvalue weighted by Crippen LogP contribution is -2.25. The van der Waals surface area contributed by atoms with Crippen LogP contribution in [0.1, 0.15) is 23.6 Å². The van der Waals surface area contributed by atoms with Gasteiger partial charge in [0.05, 0.1) is 0 Å². The molecule has 0 saturated heterocycles. The zero-order valence-corrected chi connectivity index (χ0v) is 13.3. The lowest BCUT2D eigenvalue weighted by molar-refractivity contribution is 0.664. The van der Waals surface area contributed by atoms with E-state index in [1.165, 1.54) is 22.4 Å². The minimum atomic E-state index is 0.169. The molecule has 0 fully saturated rings. The van der Waals surface area contributed by atoms with Gasteiger partial charge in [0.2, 0.25) is 0 Å². The predicted octanol–water partition coefficient (Wildman–Crippen LogP) is 3.43. The van der Waals surface area contributed by atoms with E-state index in [0.29, 0.717) is 0 Å². The highest BCUT2D eigenvalue weighted by molar-refractivity contribution is 5.46. The van der Waals surface area contributed by atoms with E-state index in [4.69, 9.17) is 5.73 Å². The van der Waals surface area contributed by atoms with Gasteiger partial charge in [-0.15, -0.1) is 0 Å². The number of nitrogens with two attached hydrogens (primary N) is 1. The maximum atomic E-state index is 6.30. The van der Waals surface area contributed by atoms with Gasteiger partial charge in [0.15, 0.2) is 0 Å². The van der Waals surface area contributed by atoms with Gasteiger partial charge in [0.1, 0.15) is 0 Å². The number of rotatable bonds is 6. The molecule has 2 aromatic carbocycles. The molecule has 0 radical (unpaired) electrons. The summed E-state index contributed by atoms with van der Waals surface area (Å²) >= 11 is 0. The summed E-state index contributed by atoms with van der Waals surface area (Å²) in [6.45, 7) is 2.18. The smallest absolute Gasteiger partial charge is 0.0361 e. The normalized spacial score (nSPS) is 12.2. The van der Waals surface area contributed by atoms with Crippen molar-refractivity contribution in [2.75, 3.05) is 19.0 Å². The van der Waals surface area contributed by atoms with Crippen LogP contribution in [0.2, 0.25) is 0 Å². The summed E-state index contributed by atoms with van der Waals surface area (Å²) in [5, 5.41) is 0. The summed E-state index contributed by atoms with van der Waals surface area (Å²) < 4.78 is 0. The SMILES string of the molecule is CCc1ccc(CC(N)Cc2ccc(N(C)C)cc2)cc1. The van der Waals surface area contributed by atoms with Crippen molar-refractivity contribution in [2.24, 2.45) is 5.73 Å². The van der Waals surface area contributed by atoms with Crippen LogP contribution < -0.4 is 10.6 Å². The molecule has 2 rings (SSSR count). The quantitative estimate of drug-likeness (QED) is 0.879. The van der Waals surface area contributed by atoms with E-state index in [-0.39, 0.29) is 6.04 Å². The molecule has 2 nitrogen and oxygen atoms in total. The van der Waals surface area contributed by atoms with Crippen molar-refractivity contribution in [2.45, 2.75) is 32.2 Å². The Morgan fingerprint density at radius 2 is 1.24 bits per heavy atom. The van der Waals surface area contributed by atoms with Crippen LogP contribution in [0.5, 0.6) is 0 Å². The minimum Gasteiger partial charge on any atom is -0.378 e. The standard InChI is InChI=1S/C19H26N2/c1-4-15-5-7-16(8-6-15)13-18(20)14-17-9-11-19(12-10-17)21(2)3/h5-12,18H,4,13-14,20H2,1-3H3. The Bertz CT molecular complexity index is 541. The van der Waals surface area contributed by atoms with Crippen LogP contribution in [-0.2, 0) is 19.3 Å². The van der Waals surface area contributed by atoms with Gasteiger partial charge in [0, 0.05) is 25.8 Å². The number of hydrogen-bond donors (Lipinski definition) is 1. The molecule has 21 heavy (non-hydrogen) atoms. The van der Waals surface area contributed by atoms with Gasteiger partial charge < -0.3 is 10.6 Å². The van der Waals surface area contributed by atoms with Gasteiger partial charge in [-0.2, -0.15) is 0 Å². The van der Waals surface area contributed by atoms with Crippen LogP contribution in [0.25, 0.3) is 0 Å². The van der Waals surface area contributed by atoms with Crippen LogP contribution in [0, 0.1) is 0 Å². The van der Waals surface area contributed by atoms with Crippen LogP contribution in [0.3, 0.4) is 0 Å². The third kappa shape index (κ3) is 4.61. The predicted molar refractivity (Wildman–Crippen MR) is 92.0 cm³/mol. The summed E-state index contributed by atoms with van der Waals surface area (Å²) in [6, 6.07) is 17.6. The van der Waals surface area contributed by atoms with Crippen LogP contribution >= 0.6 is 0 Å². The summed E-state index contributed by atoms with van der Waals surface area (Å²) in [7, 11) is 4.11. The second-order valence-electron chi connectivity index (χ2n) is 5.90. The van der Waals surface area contributed by atoms with Crippen molar-refractivity contribution in [3.63, 3.8) is 0 Å². The maximum absolute atomic E-state index is 6.30. The van der Waals surface area contributed by atoms with Gasteiger partial charge in [-0.25, -0.2) is 0 Å². The molecule has 2 heteroatoms. The Hall–Kier alpha value is -1.80. The molecule has 0 aliphatic rings. The monoisotopic (exact) mass is 282 g/mol. The third-order valence-electron chi connectivity index (χ3n) is 3.88. The molecule has 1 atom stereocenters. The fourth-order valence-electron chi connectivity index (χ4n) is 2.52. The molecule has 0 bridgehead atoms. The first-order chi connectivity index (χ1) is 10.1. The fourth-order valence-corrected chi connectivity index (χ4v) is 2.52. The Balaban J connectivity index is 1.92. The second-order valence-corrected chi connectivity index (χ2v) is 5.90. The Morgan fingerprint density at radius 3 is 1.67 bits per heavy atom. The average molecular weight is 282 g/mol. The third-order valence-corrected chi connectivity index (χ3v) is 3.88. The molecule has 2 aromatic rings. The lowest BCUT2D eigenvalue weighted by atomic mass is 9.98. The molecule has 0 aromatic heterocycles. The van der Waals surface area contributed by atoms with Crippen molar-refractivity contribution in [3.05, 3.63) is 65.2 Å². The van der Waals surface area contributed by atoms with Crippen LogP contribution in [0.15, 0.2) is 48.5 Å². The average Bonchev–Trinajstić information content (AvgIpc) is 2.48. The number of nitrogens with zero attached hydrogens (tertiary/aromatic N) is 1. The molecule has 0 aliphatic carbocycles. The van der Waals surface area contributed by atoms with Gasteiger partial charge >= 0.3 is 0 Å². The Kier molecular flexibility index (Phi) is 5.40. The molecular weight excluding hydrogens is 256 g/mol. The fraction of sp³-hybridized carbons (Fsp3) is 0.368. The van der Waals surface area contributed by atoms with E-state index in [1.54, 1.807) is 0 Å². The zero-order chi connectivity index (χ0) is 15.2. The second kappa shape index (κ2) is 7.28. The molecule has 112 valence electrons. The van der Waals surface area contributed by atoms with Crippen LogP contribution in [0.4, 0.5) is 5.69 Å². The number of aryl methyl sites for hydroxylation is 1. The van der Waals surface area contributed by atoms with Crippen molar-refractivity contribution in [1.29, 1.82) is 0 Å². The van der Waals surface area contributed by atoms with Crippen molar-refractivity contribution < 1.29 is 0 Å². The van der Waals surface area contributed by atoms with E-state index < -0.39 is 0 Å². The molecule has 0 aliphatic heterocycles. The van der Waals surface area contributed by atoms with E-state index >= 15 is 0 Å². The largest absolute Gasteiger partial charge is 0.378 e. The highest BCUT2D eigenvalue weighted by atomic mass is 15.1. The molecular formula is C19H26N2. The summed E-state index contributed by atoms with van der Waals surface area (Å²) in [6.07, 6.45) is 2.94. The first-order valence-corrected chi connectivity index (χ1v) is 7.68. The molecule has 0 spiro atoms. The minimum absolute atomic E-state index is 0.169. The first kappa shape index (κ1) is 15.6. The van der Waals surface area contributed by atoms with Gasteiger partial charge in [0.25, 0.3) is 0 Å². The number of benzene rings is 2. The van der Waals surface area contributed by atoms with Crippen molar-refractivity contribution in [3.8, 4) is 0 Å². The zero-order valence-electron chi connectivity index (χ0n) is 13.3. The highest BCUT2D eigenvalue weighted by Crippen LogP contribution is 2.14. The first-order valence-electron chi connectivity index (χ1n) is 7.68. The van der Waals surface area contributed by atoms with E-state index in [1.807, 2.05) is 0 Å². The molecule has 0 amide bonds. The van der Waals surface area contributed by atoms with Gasteiger partial charge in [-0.3, -0.25) is 0 Å². The maximum Gasteiger partial charge on any atom is 0.0361 e. The number of hydrogen-bond acceptors (Lipinski definition) is 2. The highest BCUT2D eigenvalue weighted by Gasteiger charge is 2.06. The molecule has 1 unspecified atom stereocenters.